The van der Waals surface area contributed by atoms with Gasteiger partial charge in [0, 0.05) is 24.7 Å². The number of rotatable bonds is 4. The molecule has 2 atom stereocenters. The lowest BCUT2D eigenvalue weighted by molar-refractivity contribution is 0.446. The number of sulfone groups is 1. The summed E-state index contributed by atoms with van der Waals surface area (Å²) >= 11 is 0. The zero-order chi connectivity index (χ0) is 16.4. The van der Waals surface area contributed by atoms with Gasteiger partial charge < -0.3 is 10.2 Å². The van der Waals surface area contributed by atoms with Crippen molar-refractivity contribution in [2.75, 3.05) is 28.3 Å². The second-order valence-corrected chi connectivity index (χ2v) is 8.88. The molecule has 2 saturated heterocycles. The Hall–Kier alpha value is -1.37. The molecule has 0 bridgehead atoms. The molecule has 0 amide bonds. The average molecular weight is 338 g/mol. The Morgan fingerprint density at radius 1 is 1.30 bits per heavy atom. The average Bonchev–Trinajstić information content (AvgIpc) is 2.85. The van der Waals surface area contributed by atoms with E-state index >= 15 is 0 Å². The molecule has 1 aromatic rings. The van der Waals surface area contributed by atoms with E-state index in [-0.39, 0.29) is 17.5 Å². The molecule has 2 fully saturated rings. The van der Waals surface area contributed by atoms with Gasteiger partial charge in [0.1, 0.15) is 17.5 Å². The topological polar surface area (TPSA) is 75.2 Å². The SMILES string of the molecule is CCC1CCCCN1c1cc(NC2CCS(=O)(=O)C2)nc(C)n1. The fraction of sp³-hybridized carbons (Fsp3) is 0.750. The van der Waals surface area contributed by atoms with Crippen molar-refractivity contribution >= 4 is 21.5 Å². The molecule has 7 heteroatoms. The zero-order valence-corrected chi connectivity index (χ0v) is 14.8. The quantitative estimate of drug-likeness (QED) is 0.907. The Morgan fingerprint density at radius 2 is 2.13 bits per heavy atom. The first-order valence-corrected chi connectivity index (χ1v) is 10.4. The van der Waals surface area contributed by atoms with Crippen molar-refractivity contribution in [2.24, 2.45) is 0 Å². The van der Waals surface area contributed by atoms with E-state index in [0.29, 0.717) is 12.5 Å². The Balaban J connectivity index is 1.79. The summed E-state index contributed by atoms with van der Waals surface area (Å²) in [5.41, 5.74) is 0. The normalized spacial score (nSPS) is 27.1. The number of nitrogens with one attached hydrogen (secondary N) is 1. The van der Waals surface area contributed by atoms with Gasteiger partial charge in [0.2, 0.25) is 0 Å². The first-order valence-electron chi connectivity index (χ1n) is 8.56. The first kappa shape index (κ1) is 16.5. The summed E-state index contributed by atoms with van der Waals surface area (Å²) in [6, 6.07) is 2.48. The third kappa shape index (κ3) is 3.94. The highest BCUT2D eigenvalue weighted by molar-refractivity contribution is 7.91. The lowest BCUT2D eigenvalue weighted by Crippen LogP contribution is -2.39. The number of anilines is 2. The van der Waals surface area contributed by atoms with E-state index < -0.39 is 9.84 Å². The maximum absolute atomic E-state index is 11.6. The second kappa shape index (κ2) is 6.63. The van der Waals surface area contributed by atoms with Gasteiger partial charge in [-0.25, -0.2) is 18.4 Å². The van der Waals surface area contributed by atoms with Gasteiger partial charge in [0.15, 0.2) is 9.84 Å². The minimum absolute atomic E-state index is 0.0366. The highest BCUT2D eigenvalue weighted by atomic mass is 32.2. The summed E-state index contributed by atoms with van der Waals surface area (Å²) in [7, 11) is -2.89. The van der Waals surface area contributed by atoms with E-state index in [1.54, 1.807) is 0 Å². The van der Waals surface area contributed by atoms with Crippen LogP contribution in [-0.2, 0) is 9.84 Å². The molecule has 0 saturated carbocycles. The zero-order valence-electron chi connectivity index (χ0n) is 14.0. The molecule has 3 heterocycles. The molecule has 6 nitrogen and oxygen atoms in total. The van der Waals surface area contributed by atoms with Crippen LogP contribution in [0.3, 0.4) is 0 Å². The van der Waals surface area contributed by atoms with Crippen LogP contribution in [0.5, 0.6) is 0 Å². The van der Waals surface area contributed by atoms with Crippen LogP contribution < -0.4 is 10.2 Å². The van der Waals surface area contributed by atoms with Crippen molar-refractivity contribution in [2.45, 2.75) is 58.0 Å². The standard InChI is InChI=1S/C16H26N4O2S/c1-3-14-6-4-5-8-20(14)16-10-15(17-12(2)18-16)19-13-7-9-23(21,22)11-13/h10,13-14H,3-9,11H2,1-2H3,(H,17,18,19). The van der Waals surface area contributed by atoms with Crippen LogP contribution in [0.4, 0.5) is 11.6 Å². The van der Waals surface area contributed by atoms with Gasteiger partial charge in [-0.15, -0.1) is 0 Å². The van der Waals surface area contributed by atoms with Gasteiger partial charge in [-0.3, -0.25) is 0 Å². The van der Waals surface area contributed by atoms with Crippen molar-refractivity contribution in [3.05, 3.63) is 11.9 Å². The largest absolute Gasteiger partial charge is 0.366 e. The lowest BCUT2D eigenvalue weighted by Gasteiger charge is -2.36. The van der Waals surface area contributed by atoms with Crippen molar-refractivity contribution in [3.8, 4) is 0 Å². The first-order chi connectivity index (χ1) is 11.0. The van der Waals surface area contributed by atoms with Crippen LogP contribution in [0.1, 0.15) is 44.9 Å². The maximum atomic E-state index is 11.6. The Morgan fingerprint density at radius 3 is 2.83 bits per heavy atom. The number of nitrogens with zero attached hydrogens (tertiary/aromatic N) is 3. The molecular formula is C16H26N4O2S. The number of hydrogen-bond donors (Lipinski definition) is 1. The number of aromatic nitrogens is 2. The van der Waals surface area contributed by atoms with Crippen molar-refractivity contribution < 1.29 is 8.42 Å². The van der Waals surface area contributed by atoms with Crippen molar-refractivity contribution in [1.82, 2.24) is 9.97 Å². The molecule has 2 aliphatic heterocycles. The Kier molecular flexibility index (Phi) is 4.75. The Labute approximate surface area is 138 Å². The lowest BCUT2D eigenvalue weighted by atomic mass is 10.00. The third-order valence-corrected chi connectivity index (χ3v) is 6.57. The fourth-order valence-electron chi connectivity index (χ4n) is 3.62. The molecule has 2 unspecified atom stereocenters. The molecule has 0 spiro atoms. The molecule has 0 radical (unpaired) electrons. The van der Waals surface area contributed by atoms with Gasteiger partial charge >= 0.3 is 0 Å². The van der Waals surface area contributed by atoms with E-state index in [1.165, 1.54) is 19.3 Å². The fourth-order valence-corrected chi connectivity index (χ4v) is 5.29. The molecule has 3 rings (SSSR count). The van der Waals surface area contributed by atoms with Crippen LogP contribution in [-0.4, -0.2) is 48.5 Å². The summed E-state index contributed by atoms with van der Waals surface area (Å²) in [5, 5.41) is 3.29. The van der Waals surface area contributed by atoms with Crippen molar-refractivity contribution in [1.29, 1.82) is 0 Å². The summed E-state index contributed by atoms with van der Waals surface area (Å²) in [6.45, 7) is 5.15. The smallest absolute Gasteiger partial charge is 0.152 e. The van der Waals surface area contributed by atoms with Gasteiger partial charge in [-0.1, -0.05) is 6.92 Å². The summed E-state index contributed by atoms with van der Waals surface area (Å²) in [5.74, 6) is 2.91. The van der Waals surface area contributed by atoms with E-state index in [2.05, 4.69) is 27.1 Å². The molecule has 0 aliphatic carbocycles. The van der Waals surface area contributed by atoms with Crippen LogP contribution in [0.2, 0.25) is 0 Å². The van der Waals surface area contributed by atoms with Crippen LogP contribution in [0.25, 0.3) is 0 Å². The van der Waals surface area contributed by atoms with E-state index in [1.807, 2.05) is 13.0 Å². The van der Waals surface area contributed by atoms with Gasteiger partial charge in [-0.2, -0.15) is 0 Å². The van der Waals surface area contributed by atoms with Crippen LogP contribution in [0, 0.1) is 6.92 Å². The highest BCUT2D eigenvalue weighted by Crippen LogP contribution is 2.27. The van der Waals surface area contributed by atoms with Gasteiger partial charge in [0.25, 0.3) is 0 Å². The number of piperidine rings is 1. The monoisotopic (exact) mass is 338 g/mol. The molecular weight excluding hydrogens is 312 g/mol. The molecule has 0 aromatic carbocycles. The van der Waals surface area contributed by atoms with Gasteiger partial charge in [-0.05, 0) is 39.0 Å². The molecule has 23 heavy (non-hydrogen) atoms. The van der Waals surface area contributed by atoms with E-state index in [0.717, 1.165) is 30.4 Å². The highest BCUT2D eigenvalue weighted by Gasteiger charge is 2.28. The minimum atomic E-state index is -2.89. The van der Waals surface area contributed by atoms with Crippen LogP contribution >= 0.6 is 0 Å². The predicted molar refractivity (Wildman–Crippen MR) is 92.7 cm³/mol. The summed E-state index contributed by atoms with van der Waals surface area (Å²) in [4.78, 5) is 11.4. The summed E-state index contributed by atoms with van der Waals surface area (Å²) < 4.78 is 23.2. The number of aryl methyl sites for hydroxylation is 1. The van der Waals surface area contributed by atoms with Crippen LogP contribution in [0.15, 0.2) is 6.07 Å². The van der Waals surface area contributed by atoms with Crippen molar-refractivity contribution in [3.63, 3.8) is 0 Å². The minimum Gasteiger partial charge on any atom is -0.366 e. The maximum Gasteiger partial charge on any atom is 0.152 e. The van der Waals surface area contributed by atoms with E-state index in [9.17, 15) is 8.42 Å². The molecule has 128 valence electrons. The third-order valence-electron chi connectivity index (χ3n) is 4.80. The number of hydrogen-bond acceptors (Lipinski definition) is 6. The molecule has 2 aliphatic rings. The van der Waals surface area contributed by atoms with E-state index in [4.69, 9.17) is 0 Å². The summed E-state index contributed by atoms with van der Waals surface area (Å²) in [6.07, 6.45) is 5.46. The molecule has 1 N–H and O–H groups in total. The second-order valence-electron chi connectivity index (χ2n) is 6.65. The Bertz CT molecular complexity index is 662. The van der Waals surface area contributed by atoms with Gasteiger partial charge in [0.05, 0.1) is 11.5 Å². The predicted octanol–water partition coefficient (Wildman–Crippen LogP) is 2.15. The molecule has 1 aromatic heterocycles.